The van der Waals surface area contributed by atoms with Gasteiger partial charge in [0.25, 0.3) is 5.91 Å². The molecule has 0 saturated carbocycles. The molecule has 8 heteroatoms. The van der Waals surface area contributed by atoms with E-state index in [1.165, 1.54) is 11.3 Å². The number of fused-ring (bicyclic) bond motifs is 1. The van der Waals surface area contributed by atoms with Crippen molar-refractivity contribution in [2.75, 3.05) is 64.4 Å². The summed E-state index contributed by atoms with van der Waals surface area (Å²) in [5, 5.41) is 0.463. The van der Waals surface area contributed by atoms with Gasteiger partial charge in [0.1, 0.15) is 5.15 Å². The molecule has 0 N–H and O–H groups in total. The molecule has 134 valence electrons. The van der Waals surface area contributed by atoms with Gasteiger partial charge in [-0.05, 0) is 13.1 Å². The molecule has 1 amide bonds. The van der Waals surface area contributed by atoms with Crippen molar-refractivity contribution < 1.29 is 9.53 Å². The van der Waals surface area contributed by atoms with E-state index in [-0.39, 0.29) is 5.91 Å². The minimum atomic E-state index is 0.0974. The Bertz CT molecular complexity index is 782. The molecule has 25 heavy (non-hydrogen) atoms. The number of pyridine rings is 1. The number of halogens is 1. The molecule has 0 aliphatic carbocycles. The van der Waals surface area contributed by atoms with Crippen molar-refractivity contribution >= 4 is 44.7 Å². The topological polar surface area (TPSA) is 48.9 Å². The summed E-state index contributed by atoms with van der Waals surface area (Å²) in [6.07, 6.45) is 0. The van der Waals surface area contributed by atoms with Crippen LogP contribution < -0.4 is 4.90 Å². The lowest BCUT2D eigenvalue weighted by atomic mass is 10.2. The lowest BCUT2D eigenvalue weighted by Crippen LogP contribution is -2.46. The third-order valence-corrected chi connectivity index (χ3v) is 6.11. The van der Waals surface area contributed by atoms with Crippen LogP contribution in [0, 0.1) is 0 Å². The maximum atomic E-state index is 12.9. The van der Waals surface area contributed by atoms with E-state index in [4.69, 9.17) is 16.3 Å². The standard InChI is InChI=1S/C17H21ClN4O2S/c1-20-2-4-22(5-3-20)17(23)14-10-12-16(25-14)13(11-15(18)19-12)21-6-8-24-9-7-21/h10-11H,2-9H2,1H3. The van der Waals surface area contributed by atoms with Gasteiger partial charge in [-0.1, -0.05) is 11.6 Å². The van der Waals surface area contributed by atoms with Crippen LogP contribution in [0.1, 0.15) is 9.67 Å². The number of hydrogen-bond donors (Lipinski definition) is 0. The first-order valence-electron chi connectivity index (χ1n) is 8.52. The summed E-state index contributed by atoms with van der Waals surface area (Å²) in [6, 6.07) is 3.78. The number of aromatic nitrogens is 1. The largest absolute Gasteiger partial charge is 0.378 e. The fourth-order valence-electron chi connectivity index (χ4n) is 3.28. The zero-order chi connectivity index (χ0) is 17.4. The molecule has 2 aliphatic rings. The molecular formula is C17H21ClN4O2S. The number of carbonyl (C=O) groups excluding carboxylic acids is 1. The highest BCUT2D eigenvalue weighted by Gasteiger charge is 2.24. The van der Waals surface area contributed by atoms with Crippen molar-refractivity contribution in [1.82, 2.24) is 14.8 Å². The Labute approximate surface area is 155 Å². The zero-order valence-corrected chi connectivity index (χ0v) is 15.8. The van der Waals surface area contributed by atoms with E-state index in [1.54, 1.807) is 0 Å². The fourth-order valence-corrected chi connectivity index (χ4v) is 4.59. The second kappa shape index (κ2) is 7.07. The number of piperazine rings is 1. The predicted octanol–water partition coefficient (Wildman–Crippen LogP) is 2.17. The molecule has 0 radical (unpaired) electrons. The number of thiophene rings is 1. The molecule has 0 unspecified atom stereocenters. The number of anilines is 1. The van der Waals surface area contributed by atoms with Gasteiger partial charge in [0.05, 0.1) is 34.0 Å². The Morgan fingerprint density at radius 2 is 1.88 bits per heavy atom. The van der Waals surface area contributed by atoms with Crippen molar-refractivity contribution in [2.24, 2.45) is 0 Å². The summed E-state index contributed by atoms with van der Waals surface area (Å²) in [6.45, 7) is 6.45. The van der Waals surface area contributed by atoms with Gasteiger partial charge in [-0.2, -0.15) is 0 Å². The molecule has 4 heterocycles. The average Bonchev–Trinajstić information content (AvgIpc) is 3.05. The number of morpholine rings is 1. The smallest absolute Gasteiger partial charge is 0.264 e. The first kappa shape index (κ1) is 17.0. The van der Waals surface area contributed by atoms with Crippen LogP contribution in [0.3, 0.4) is 0 Å². The molecule has 2 fully saturated rings. The second-order valence-corrected chi connectivity index (χ2v) is 7.92. The van der Waals surface area contributed by atoms with Gasteiger partial charge < -0.3 is 19.4 Å². The van der Waals surface area contributed by atoms with Crippen molar-refractivity contribution in [3.63, 3.8) is 0 Å². The van der Waals surface area contributed by atoms with Crippen LogP contribution in [0.25, 0.3) is 10.2 Å². The van der Waals surface area contributed by atoms with Gasteiger partial charge in [0.15, 0.2) is 0 Å². The fraction of sp³-hybridized carbons (Fsp3) is 0.529. The minimum Gasteiger partial charge on any atom is -0.378 e. The highest BCUT2D eigenvalue weighted by atomic mass is 35.5. The van der Waals surface area contributed by atoms with Gasteiger partial charge in [-0.25, -0.2) is 4.98 Å². The number of rotatable bonds is 2. The first-order chi connectivity index (χ1) is 12.1. The van der Waals surface area contributed by atoms with Crippen molar-refractivity contribution in [2.45, 2.75) is 0 Å². The summed E-state index contributed by atoms with van der Waals surface area (Å²) in [5.74, 6) is 0.0974. The predicted molar refractivity (Wildman–Crippen MR) is 101 cm³/mol. The summed E-state index contributed by atoms with van der Waals surface area (Å²) in [7, 11) is 2.09. The molecule has 0 atom stereocenters. The Hall–Kier alpha value is -1.41. The third-order valence-electron chi connectivity index (χ3n) is 4.78. The van der Waals surface area contributed by atoms with Crippen molar-refractivity contribution in [3.05, 3.63) is 22.2 Å². The van der Waals surface area contributed by atoms with Crippen LogP contribution in [0.2, 0.25) is 5.15 Å². The summed E-state index contributed by atoms with van der Waals surface area (Å²) in [5.41, 5.74) is 1.86. The minimum absolute atomic E-state index is 0.0974. The van der Waals surface area contributed by atoms with E-state index in [1.807, 2.05) is 17.0 Å². The van der Waals surface area contributed by atoms with Gasteiger partial charge in [-0.3, -0.25) is 4.79 Å². The molecule has 2 aliphatic heterocycles. The van der Waals surface area contributed by atoms with Gasteiger partial charge in [0, 0.05) is 45.3 Å². The van der Waals surface area contributed by atoms with Crippen LogP contribution >= 0.6 is 22.9 Å². The van der Waals surface area contributed by atoms with Gasteiger partial charge >= 0.3 is 0 Å². The number of amides is 1. The maximum absolute atomic E-state index is 12.9. The SMILES string of the molecule is CN1CCN(C(=O)c2cc3nc(Cl)cc(N4CCOCC4)c3s2)CC1. The molecule has 4 rings (SSSR count). The molecule has 0 spiro atoms. The number of hydrogen-bond acceptors (Lipinski definition) is 6. The number of likely N-dealkylation sites (N-methyl/N-ethyl adjacent to an activating group) is 1. The lowest BCUT2D eigenvalue weighted by molar-refractivity contribution is 0.0669. The Balaban J connectivity index is 1.66. The molecule has 2 aromatic rings. The van der Waals surface area contributed by atoms with Gasteiger partial charge in [0.2, 0.25) is 0 Å². The second-order valence-electron chi connectivity index (χ2n) is 6.48. The number of carbonyl (C=O) groups is 1. The Morgan fingerprint density at radius 3 is 2.60 bits per heavy atom. The van der Waals surface area contributed by atoms with Gasteiger partial charge in [-0.15, -0.1) is 11.3 Å². The maximum Gasteiger partial charge on any atom is 0.264 e. The van der Waals surface area contributed by atoms with Crippen LogP contribution in [-0.4, -0.2) is 80.2 Å². The highest BCUT2D eigenvalue weighted by Crippen LogP contribution is 2.36. The summed E-state index contributed by atoms with van der Waals surface area (Å²) < 4.78 is 6.47. The molecular weight excluding hydrogens is 360 g/mol. The number of nitrogens with zero attached hydrogens (tertiary/aromatic N) is 4. The lowest BCUT2D eigenvalue weighted by Gasteiger charge is -2.32. The van der Waals surface area contributed by atoms with Crippen LogP contribution in [0.15, 0.2) is 12.1 Å². The van der Waals surface area contributed by atoms with E-state index in [0.717, 1.165) is 60.0 Å². The van der Waals surface area contributed by atoms with Crippen molar-refractivity contribution in [3.8, 4) is 0 Å². The van der Waals surface area contributed by atoms with Crippen molar-refractivity contribution in [1.29, 1.82) is 0 Å². The highest BCUT2D eigenvalue weighted by molar-refractivity contribution is 7.21. The summed E-state index contributed by atoms with van der Waals surface area (Å²) in [4.78, 5) is 24.5. The molecule has 0 aromatic carbocycles. The molecule has 2 aromatic heterocycles. The molecule has 0 bridgehead atoms. The quantitative estimate of drug-likeness (QED) is 0.747. The van der Waals surface area contributed by atoms with E-state index < -0.39 is 0 Å². The number of ether oxygens (including phenoxy) is 1. The Morgan fingerprint density at radius 1 is 1.16 bits per heavy atom. The molecule has 6 nitrogen and oxygen atoms in total. The summed E-state index contributed by atoms with van der Waals surface area (Å²) >= 11 is 7.75. The van der Waals surface area contributed by atoms with E-state index >= 15 is 0 Å². The first-order valence-corrected chi connectivity index (χ1v) is 9.72. The monoisotopic (exact) mass is 380 g/mol. The van der Waals surface area contributed by atoms with E-state index in [9.17, 15) is 4.79 Å². The van der Waals surface area contributed by atoms with Crippen LogP contribution in [-0.2, 0) is 4.74 Å². The zero-order valence-electron chi connectivity index (χ0n) is 14.2. The normalized spacial score (nSPS) is 19.6. The van der Waals surface area contributed by atoms with Crippen LogP contribution in [0.5, 0.6) is 0 Å². The van der Waals surface area contributed by atoms with E-state index in [0.29, 0.717) is 18.4 Å². The average molecular weight is 381 g/mol. The molecule has 2 saturated heterocycles. The Kier molecular flexibility index (Phi) is 4.82. The van der Waals surface area contributed by atoms with Crippen LogP contribution in [0.4, 0.5) is 5.69 Å². The third kappa shape index (κ3) is 3.46. The van der Waals surface area contributed by atoms with E-state index in [2.05, 4.69) is 21.8 Å².